The van der Waals surface area contributed by atoms with Crippen molar-refractivity contribution in [3.05, 3.63) is 34.9 Å². The standard InChI is InChI=1S/C13H16ClNO/c1-13(2)8-11(16)7-12(15-13)9-3-5-10(14)6-4-9/h3-6,12,15H,7-8H2,1-2H3/p+1/t12-/m0/s1. The molecule has 0 radical (unpaired) electrons. The highest BCUT2D eigenvalue weighted by atomic mass is 35.5. The van der Waals surface area contributed by atoms with Crippen LogP contribution < -0.4 is 5.32 Å². The second-order valence-electron chi connectivity index (χ2n) is 5.23. The van der Waals surface area contributed by atoms with Crippen molar-refractivity contribution in [3.8, 4) is 0 Å². The molecule has 0 bridgehead atoms. The van der Waals surface area contributed by atoms with Gasteiger partial charge in [0.15, 0.2) is 0 Å². The van der Waals surface area contributed by atoms with Gasteiger partial charge in [0.05, 0.1) is 18.4 Å². The van der Waals surface area contributed by atoms with Gasteiger partial charge < -0.3 is 5.32 Å². The van der Waals surface area contributed by atoms with Gasteiger partial charge in [0.25, 0.3) is 0 Å². The molecular weight excluding hydrogens is 222 g/mol. The number of carbonyl (C=O) groups excluding carboxylic acids is 1. The predicted octanol–water partition coefficient (Wildman–Crippen LogP) is 2.09. The lowest BCUT2D eigenvalue weighted by Gasteiger charge is -2.32. The zero-order valence-corrected chi connectivity index (χ0v) is 10.4. The van der Waals surface area contributed by atoms with Crippen LogP contribution in [0.3, 0.4) is 0 Å². The third kappa shape index (κ3) is 2.63. The van der Waals surface area contributed by atoms with Crippen LogP contribution in [-0.2, 0) is 4.79 Å². The SMILES string of the molecule is CC1(C)CC(=O)C[C@@H](c2ccc(Cl)cc2)[NH2+]1. The van der Waals surface area contributed by atoms with Crippen LogP contribution in [0.2, 0.25) is 5.02 Å². The van der Waals surface area contributed by atoms with Crippen molar-refractivity contribution in [1.29, 1.82) is 0 Å². The number of Topliss-reactive ketones (excluding diaryl/α,β-unsaturated/α-hetero) is 1. The van der Waals surface area contributed by atoms with E-state index in [0.717, 1.165) is 5.02 Å². The maximum absolute atomic E-state index is 11.7. The number of quaternary nitrogens is 1. The van der Waals surface area contributed by atoms with E-state index in [2.05, 4.69) is 19.2 Å². The molecular formula is C13H17ClNO+. The summed E-state index contributed by atoms with van der Waals surface area (Å²) in [7, 11) is 0. The quantitative estimate of drug-likeness (QED) is 0.799. The minimum Gasteiger partial charge on any atom is -0.335 e. The highest BCUT2D eigenvalue weighted by Crippen LogP contribution is 2.22. The van der Waals surface area contributed by atoms with Gasteiger partial charge in [-0.15, -0.1) is 0 Å². The maximum atomic E-state index is 11.7. The topological polar surface area (TPSA) is 33.7 Å². The zero-order chi connectivity index (χ0) is 11.8. The number of nitrogens with two attached hydrogens (primary N) is 1. The fourth-order valence-corrected chi connectivity index (χ4v) is 2.54. The average molecular weight is 239 g/mol. The van der Waals surface area contributed by atoms with Crippen LogP contribution >= 0.6 is 11.6 Å². The van der Waals surface area contributed by atoms with Crippen LogP contribution in [-0.4, -0.2) is 11.3 Å². The van der Waals surface area contributed by atoms with Gasteiger partial charge in [0, 0.05) is 10.6 Å². The zero-order valence-electron chi connectivity index (χ0n) is 9.66. The van der Waals surface area contributed by atoms with Crippen LogP contribution in [0.5, 0.6) is 0 Å². The molecule has 0 aromatic heterocycles. The molecule has 2 rings (SSSR count). The molecule has 1 atom stereocenters. The Hall–Kier alpha value is -0.860. The second-order valence-corrected chi connectivity index (χ2v) is 5.67. The van der Waals surface area contributed by atoms with E-state index >= 15 is 0 Å². The third-order valence-electron chi connectivity index (χ3n) is 3.05. The Labute approximate surface area is 101 Å². The Balaban J connectivity index is 2.21. The summed E-state index contributed by atoms with van der Waals surface area (Å²) in [5, 5.41) is 3.03. The van der Waals surface area contributed by atoms with Gasteiger partial charge in [-0.25, -0.2) is 0 Å². The van der Waals surface area contributed by atoms with Crippen LogP contribution in [0.4, 0.5) is 0 Å². The summed E-state index contributed by atoms with van der Waals surface area (Å²) in [6.07, 6.45) is 1.29. The van der Waals surface area contributed by atoms with E-state index in [-0.39, 0.29) is 11.6 Å². The van der Waals surface area contributed by atoms with Gasteiger partial charge in [0.1, 0.15) is 11.8 Å². The van der Waals surface area contributed by atoms with Crippen molar-refractivity contribution in [2.24, 2.45) is 0 Å². The number of benzene rings is 1. The molecule has 1 heterocycles. The van der Waals surface area contributed by atoms with Crippen molar-refractivity contribution >= 4 is 17.4 Å². The number of carbonyl (C=O) groups is 1. The lowest BCUT2D eigenvalue weighted by atomic mass is 9.86. The van der Waals surface area contributed by atoms with Crippen molar-refractivity contribution in [2.45, 2.75) is 38.3 Å². The summed E-state index contributed by atoms with van der Waals surface area (Å²) in [5.74, 6) is 0.354. The number of rotatable bonds is 1. The fourth-order valence-electron chi connectivity index (χ4n) is 2.41. The van der Waals surface area contributed by atoms with Gasteiger partial charge in [-0.2, -0.15) is 0 Å². The van der Waals surface area contributed by atoms with Gasteiger partial charge in [-0.3, -0.25) is 4.79 Å². The smallest absolute Gasteiger partial charge is 0.145 e. The minimum absolute atomic E-state index is 0.0135. The molecule has 1 fully saturated rings. The Bertz CT molecular complexity index is 397. The van der Waals surface area contributed by atoms with E-state index in [1.54, 1.807) is 0 Å². The summed E-state index contributed by atoms with van der Waals surface area (Å²) in [6.45, 7) is 4.24. The van der Waals surface area contributed by atoms with Gasteiger partial charge in [-0.05, 0) is 26.0 Å². The first-order valence-corrected chi connectivity index (χ1v) is 5.97. The monoisotopic (exact) mass is 238 g/mol. The normalized spacial score (nSPS) is 24.4. The summed E-state index contributed by atoms with van der Waals surface area (Å²) < 4.78 is 0. The van der Waals surface area contributed by atoms with Crippen molar-refractivity contribution in [1.82, 2.24) is 0 Å². The lowest BCUT2D eigenvalue weighted by molar-refractivity contribution is -0.759. The Morgan fingerprint density at radius 1 is 1.31 bits per heavy atom. The molecule has 1 aromatic carbocycles. The molecule has 0 spiro atoms. The summed E-state index contributed by atoms with van der Waals surface area (Å²) >= 11 is 5.86. The van der Waals surface area contributed by atoms with E-state index in [1.165, 1.54) is 5.56 Å². The third-order valence-corrected chi connectivity index (χ3v) is 3.30. The van der Waals surface area contributed by atoms with Gasteiger partial charge >= 0.3 is 0 Å². The largest absolute Gasteiger partial charge is 0.335 e. The van der Waals surface area contributed by atoms with Crippen LogP contribution in [0.25, 0.3) is 0 Å². The van der Waals surface area contributed by atoms with Crippen molar-refractivity contribution in [2.75, 3.05) is 0 Å². The molecule has 0 amide bonds. The van der Waals surface area contributed by atoms with Crippen LogP contribution in [0.15, 0.2) is 24.3 Å². The minimum atomic E-state index is 0.0135. The fraction of sp³-hybridized carbons (Fsp3) is 0.462. The first kappa shape index (κ1) is 11.6. The Morgan fingerprint density at radius 2 is 1.94 bits per heavy atom. The van der Waals surface area contributed by atoms with E-state index < -0.39 is 0 Å². The number of ketones is 1. The Morgan fingerprint density at radius 3 is 2.50 bits per heavy atom. The summed E-state index contributed by atoms with van der Waals surface area (Å²) in [6, 6.07) is 8.04. The van der Waals surface area contributed by atoms with E-state index in [4.69, 9.17) is 11.6 Å². The summed E-state index contributed by atoms with van der Waals surface area (Å²) in [4.78, 5) is 11.7. The molecule has 1 aliphatic heterocycles. The molecule has 1 aromatic rings. The van der Waals surface area contributed by atoms with Gasteiger partial charge in [0.2, 0.25) is 0 Å². The molecule has 0 unspecified atom stereocenters. The highest BCUT2D eigenvalue weighted by Gasteiger charge is 2.36. The van der Waals surface area contributed by atoms with Crippen molar-refractivity contribution < 1.29 is 10.1 Å². The van der Waals surface area contributed by atoms with E-state index in [1.807, 2.05) is 24.3 Å². The molecule has 2 nitrogen and oxygen atoms in total. The first-order valence-electron chi connectivity index (χ1n) is 5.59. The van der Waals surface area contributed by atoms with E-state index in [0.29, 0.717) is 18.6 Å². The van der Waals surface area contributed by atoms with Crippen molar-refractivity contribution in [3.63, 3.8) is 0 Å². The molecule has 16 heavy (non-hydrogen) atoms. The average Bonchev–Trinajstić information content (AvgIpc) is 2.15. The molecule has 2 N–H and O–H groups in total. The molecule has 1 saturated heterocycles. The molecule has 86 valence electrons. The number of halogens is 1. The van der Waals surface area contributed by atoms with Crippen LogP contribution in [0.1, 0.15) is 38.3 Å². The van der Waals surface area contributed by atoms with Crippen LogP contribution in [0, 0.1) is 0 Å². The number of piperidine rings is 1. The highest BCUT2D eigenvalue weighted by molar-refractivity contribution is 6.30. The molecule has 0 saturated carbocycles. The number of hydrogen-bond acceptors (Lipinski definition) is 1. The molecule has 0 aliphatic carbocycles. The maximum Gasteiger partial charge on any atom is 0.145 e. The van der Waals surface area contributed by atoms with Gasteiger partial charge in [-0.1, -0.05) is 23.7 Å². The summed E-state index contributed by atoms with van der Waals surface area (Å²) in [5.41, 5.74) is 1.20. The lowest BCUT2D eigenvalue weighted by Crippen LogP contribution is -2.97. The first-order chi connectivity index (χ1) is 7.46. The second kappa shape index (κ2) is 4.19. The predicted molar refractivity (Wildman–Crippen MR) is 64.4 cm³/mol. The molecule has 3 heteroatoms. The Kier molecular flexibility index (Phi) is 3.04. The van der Waals surface area contributed by atoms with E-state index in [9.17, 15) is 4.79 Å². The molecule has 1 aliphatic rings. The number of hydrogen-bond donors (Lipinski definition) is 1.